The van der Waals surface area contributed by atoms with Crippen LogP contribution in [0.2, 0.25) is 0 Å². The summed E-state index contributed by atoms with van der Waals surface area (Å²) in [4.78, 5) is 0. The Morgan fingerprint density at radius 2 is 1.92 bits per heavy atom. The van der Waals surface area contributed by atoms with E-state index < -0.39 is 0 Å². The number of rotatable bonds is 4. The van der Waals surface area contributed by atoms with Gasteiger partial charge in [-0.2, -0.15) is 0 Å². The number of methoxy groups -OCH3 is 1. The highest BCUT2D eigenvalue weighted by molar-refractivity contribution is 5.31. The Hall–Kier alpha value is -1.02. The molecule has 0 saturated heterocycles. The largest absolute Gasteiger partial charge is 0.468 e. The molecule has 0 aliphatic heterocycles. The van der Waals surface area contributed by atoms with E-state index in [1.807, 2.05) is 12.1 Å². The predicted molar refractivity (Wildman–Crippen MR) is 50.9 cm³/mol. The minimum atomic E-state index is 0.322. The molecule has 1 saturated carbocycles. The summed E-state index contributed by atoms with van der Waals surface area (Å²) in [6, 6.07) is 8.30. The first-order valence-corrected chi connectivity index (χ1v) is 4.62. The van der Waals surface area contributed by atoms with Crippen molar-refractivity contribution in [1.29, 1.82) is 0 Å². The topological polar surface area (TPSA) is 18.5 Å². The summed E-state index contributed by atoms with van der Waals surface area (Å²) < 4.78 is 10.1. The van der Waals surface area contributed by atoms with Gasteiger partial charge >= 0.3 is 0 Å². The van der Waals surface area contributed by atoms with Crippen LogP contribution in [-0.2, 0) is 4.74 Å². The van der Waals surface area contributed by atoms with E-state index >= 15 is 0 Å². The Balaban J connectivity index is 1.96. The number of hydrogen-bond acceptors (Lipinski definition) is 2. The van der Waals surface area contributed by atoms with E-state index in [0.29, 0.717) is 6.79 Å². The Labute approximate surface area is 78.5 Å². The summed E-state index contributed by atoms with van der Waals surface area (Å²) in [6.45, 7) is 0.322. The molecule has 2 rings (SSSR count). The average Bonchev–Trinajstić information content (AvgIpc) is 2.99. The van der Waals surface area contributed by atoms with Gasteiger partial charge in [0.15, 0.2) is 6.79 Å². The first kappa shape index (κ1) is 8.57. The van der Waals surface area contributed by atoms with Crippen molar-refractivity contribution < 1.29 is 9.47 Å². The maximum Gasteiger partial charge on any atom is 0.188 e. The zero-order chi connectivity index (χ0) is 9.10. The van der Waals surface area contributed by atoms with Crippen molar-refractivity contribution in [3.8, 4) is 5.75 Å². The van der Waals surface area contributed by atoms with Crippen LogP contribution in [0.15, 0.2) is 24.3 Å². The molecule has 1 fully saturated rings. The van der Waals surface area contributed by atoms with Gasteiger partial charge in [-0.3, -0.25) is 0 Å². The molecule has 1 aromatic carbocycles. The van der Waals surface area contributed by atoms with Crippen LogP contribution < -0.4 is 4.74 Å². The lowest BCUT2D eigenvalue weighted by atomic mass is 10.1. The molecule has 0 unspecified atom stereocenters. The highest BCUT2D eigenvalue weighted by atomic mass is 16.7. The Morgan fingerprint density at radius 1 is 1.23 bits per heavy atom. The molecule has 0 bridgehead atoms. The number of hydrogen-bond donors (Lipinski definition) is 0. The molecule has 0 radical (unpaired) electrons. The Morgan fingerprint density at radius 3 is 2.46 bits per heavy atom. The van der Waals surface area contributed by atoms with Gasteiger partial charge in [0.25, 0.3) is 0 Å². The van der Waals surface area contributed by atoms with Gasteiger partial charge in [0.05, 0.1) is 0 Å². The van der Waals surface area contributed by atoms with Gasteiger partial charge in [-0.15, -0.1) is 0 Å². The predicted octanol–water partition coefficient (Wildman–Crippen LogP) is 2.55. The molecule has 1 aliphatic rings. The summed E-state index contributed by atoms with van der Waals surface area (Å²) in [7, 11) is 1.62. The molecule has 0 amide bonds. The lowest BCUT2D eigenvalue weighted by Gasteiger charge is -2.04. The molecule has 0 heterocycles. The molecule has 1 aliphatic carbocycles. The zero-order valence-electron chi connectivity index (χ0n) is 7.82. The highest BCUT2D eigenvalue weighted by Gasteiger charge is 2.22. The van der Waals surface area contributed by atoms with Crippen LogP contribution in [0.4, 0.5) is 0 Å². The fraction of sp³-hybridized carbons (Fsp3) is 0.455. The fourth-order valence-electron chi connectivity index (χ4n) is 1.38. The number of ether oxygens (including phenoxy) is 2. The van der Waals surface area contributed by atoms with Gasteiger partial charge in [-0.05, 0) is 36.5 Å². The van der Waals surface area contributed by atoms with Crippen molar-refractivity contribution in [2.45, 2.75) is 18.8 Å². The van der Waals surface area contributed by atoms with E-state index in [-0.39, 0.29) is 0 Å². The summed E-state index contributed by atoms with van der Waals surface area (Å²) in [5.74, 6) is 1.70. The van der Waals surface area contributed by atoms with Gasteiger partial charge in [0, 0.05) is 7.11 Å². The Kier molecular flexibility index (Phi) is 2.50. The average molecular weight is 178 g/mol. The van der Waals surface area contributed by atoms with Crippen LogP contribution >= 0.6 is 0 Å². The molecule has 0 atom stereocenters. The monoisotopic (exact) mass is 178 g/mol. The van der Waals surface area contributed by atoms with Gasteiger partial charge in [0.2, 0.25) is 0 Å². The normalized spacial score (nSPS) is 15.8. The molecular weight excluding hydrogens is 164 g/mol. The van der Waals surface area contributed by atoms with Crippen LogP contribution in [0.3, 0.4) is 0 Å². The van der Waals surface area contributed by atoms with E-state index in [0.717, 1.165) is 11.7 Å². The molecule has 70 valence electrons. The van der Waals surface area contributed by atoms with E-state index in [4.69, 9.17) is 9.47 Å². The highest BCUT2D eigenvalue weighted by Crippen LogP contribution is 2.40. The van der Waals surface area contributed by atoms with E-state index in [2.05, 4.69) is 12.1 Å². The first-order chi connectivity index (χ1) is 6.40. The summed E-state index contributed by atoms with van der Waals surface area (Å²) >= 11 is 0. The lowest BCUT2D eigenvalue weighted by molar-refractivity contribution is 0.0511. The van der Waals surface area contributed by atoms with Crippen molar-refractivity contribution in [1.82, 2.24) is 0 Å². The molecule has 0 spiro atoms. The van der Waals surface area contributed by atoms with Crippen LogP contribution in [0, 0.1) is 0 Å². The van der Waals surface area contributed by atoms with E-state index in [1.165, 1.54) is 18.4 Å². The molecular formula is C11H14O2. The van der Waals surface area contributed by atoms with Crippen LogP contribution in [-0.4, -0.2) is 13.9 Å². The quantitative estimate of drug-likeness (QED) is 0.660. The second kappa shape index (κ2) is 3.79. The third kappa shape index (κ3) is 2.22. The molecule has 0 N–H and O–H groups in total. The molecule has 13 heavy (non-hydrogen) atoms. The second-order valence-electron chi connectivity index (χ2n) is 3.39. The standard InChI is InChI=1S/C11H14O2/c1-12-8-13-11-6-4-10(5-7-11)9-2-3-9/h4-7,9H,2-3,8H2,1H3. The third-order valence-electron chi connectivity index (χ3n) is 2.27. The van der Waals surface area contributed by atoms with Gasteiger partial charge in [0.1, 0.15) is 5.75 Å². The second-order valence-corrected chi connectivity index (χ2v) is 3.39. The summed E-state index contributed by atoms with van der Waals surface area (Å²) in [5.41, 5.74) is 1.43. The smallest absolute Gasteiger partial charge is 0.188 e. The van der Waals surface area contributed by atoms with Crippen molar-refractivity contribution in [3.63, 3.8) is 0 Å². The lowest BCUT2D eigenvalue weighted by Crippen LogP contribution is -1.98. The third-order valence-corrected chi connectivity index (χ3v) is 2.27. The molecule has 2 heteroatoms. The van der Waals surface area contributed by atoms with Gasteiger partial charge in [-0.25, -0.2) is 0 Å². The fourth-order valence-corrected chi connectivity index (χ4v) is 1.38. The van der Waals surface area contributed by atoms with Crippen molar-refractivity contribution in [2.75, 3.05) is 13.9 Å². The van der Waals surface area contributed by atoms with Gasteiger partial charge < -0.3 is 9.47 Å². The Bertz CT molecular complexity index is 262. The minimum Gasteiger partial charge on any atom is -0.468 e. The van der Waals surface area contributed by atoms with Crippen molar-refractivity contribution in [2.24, 2.45) is 0 Å². The molecule has 1 aromatic rings. The minimum absolute atomic E-state index is 0.322. The summed E-state index contributed by atoms with van der Waals surface area (Å²) in [5, 5.41) is 0. The van der Waals surface area contributed by atoms with Gasteiger partial charge in [-0.1, -0.05) is 12.1 Å². The van der Waals surface area contributed by atoms with E-state index in [1.54, 1.807) is 7.11 Å². The van der Waals surface area contributed by atoms with Crippen molar-refractivity contribution in [3.05, 3.63) is 29.8 Å². The summed E-state index contributed by atoms with van der Waals surface area (Å²) in [6.07, 6.45) is 2.69. The van der Waals surface area contributed by atoms with Crippen molar-refractivity contribution >= 4 is 0 Å². The zero-order valence-corrected chi connectivity index (χ0v) is 7.82. The van der Waals surface area contributed by atoms with Crippen LogP contribution in [0.25, 0.3) is 0 Å². The van der Waals surface area contributed by atoms with Crippen LogP contribution in [0.1, 0.15) is 24.3 Å². The first-order valence-electron chi connectivity index (χ1n) is 4.62. The maximum atomic E-state index is 5.29. The molecule has 2 nitrogen and oxygen atoms in total. The maximum absolute atomic E-state index is 5.29. The SMILES string of the molecule is COCOc1ccc(C2CC2)cc1. The molecule has 0 aromatic heterocycles. The number of benzene rings is 1. The van der Waals surface area contributed by atoms with E-state index in [9.17, 15) is 0 Å². The van der Waals surface area contributed by atoms with Crippen LogP contribution in [0.5, 0.6) is 5.75 Å².